The first-order valence-corrected chi connectivity index (χ1v) is 13.3. The second kappa shape index (κ2) is 14.4. The average molecular weight is 626 g/mol. The highest BCUT2D eigenvalue weighted by Crippen LogP contribution is 2.31. The zero-order chi connectivity index (χ0) is 26.8. The van der Waals surface area contributed by atoms with Crippen molar-refractivity contribution in [2.24, 2.45) is 11.5 Å². The molecule has 36 heavy (non-hydrogen) atoms. The molecular weight excluding hydrogens is 592 g/mol. The van der Waals surface area contributed by atoms with Crippen LogP contribution >= 0.6 is 31.9 Å². The van der Waals surface area contributed by atoms with Crippen molar-refractivity contribution >= 4 is 55.2 Å². The Balaban J connectivity index is 0.000000199. The van der Waals surface area contributed by atoms with E-state index in [1.165, 1.54) is 22.5 Å². The molecule has 2 aromatic carbocycles. The highest BCUT2D eigenvalue weighted by Gasteiger charge is 2.20. The van der Waals surface area contributed by atoms with E-state index >= 15 is 0 Å². The van der Waals surface area contributed by atoms with E-state index in [-0.39, 0.29) is 12.1 Å². The second-order valence-electron chi connectivity index (χ2n) is 8.90. The number of carboxylic acid groups (broad SMARTS) is 2. The van der Waals surface area contributed by atoms with E-state index in [0.29, 0.717) is 12.2 Å². The number of hydrogen-bond acceptors (Lipinski definition) is 6. The molecule has 0 fully saturated rings. The van der Waals surface area contributed by atoms with Crippen molar-refractivity contribution in [2.45, 2.75) is 38.8 Å². The number of halogens is 2. The Labute approximate surface area is 229 Å². The summed E-state index contributed by atoms with van der Waals surface area (Å²) < 4.78 is 2.29. The molecule has 0 spiro atoms. The van der Waals surface area contributed by atoms with E-state index < -0.39 is 11.9 Å². The molecule has 0 unspecified atom stereocenters. The topological polar surface area (TPSA) is 133 Å². The third kappa shape index (κ3) is 9.93. The minimum atomic E-state index is -1.26. The summed E-state index contributed by atoms with van der Waals surface area (Å²) in [5, 5.41) is 15.6. The first kappa shape index (κ1) is 29.8. The maximum atomic E-state index is 9.55. The molecule has 0 aliphatic carbocycles. The van der Waals surface area contributed by atoms with Crippen LogP contribution in [0.15, 0.2) is 57.5 Å². The first-order chi connectivity index (χ1) is 17.0. The monoisotopic (exact) mass is 624 g/mol. The zero-order valence-corrected chi connectivity index (χ0v) is 23.7. The molecule has 2 heterocycles. The Hall–Kier alpha value is -2.40. The number of hydrogen-bond donors (Lipinski definition) is 4. The van der Waals surface area contributed by atoms with Gasteiger partial charge in [0.2, 0.25) is 0 Å². The first-order valence-electron chi connectivity index (χ1n) is 11.7. The van der Waals surface area contributed by atoms with Crippen molar-refractivity contribution < 1.29 is 19.8 Å². The lowest BCUT2D eigenvalue weighted by atomic mass is 10.2. The molecule has 2 aromatic rings. The molecular formula is C26H34Br2N4O4. The number of carboxylic acids is 2. The summed E-state index contributed by atoms with van der Waals surface area (Å²) in [6.45, 7) is 8.21. The molecule has 0 radical (unpaired) electrons. The Morgan fingerprint density at radius 2 is 1.19 bits per heavy atom. The summed E-state index contributed by atoms with van der Waals surface area (Å²) in [6, 6.07) is 13.4. The fourth-order valence-electron chi connectivity index (χ4n) is 4.05. The summed E-state index contributed by atoms with van der Waals surface area (Å²) in [7, 11) is 0. The number of aliphatic carboxylic acids is 2. The smallest absolute Gasteiger partial charge is 0.328 e. The third-order valence-corrected chi connectivity index (χ3v) is 6.45. The van der Waals surface area contributed by atoms with Crippen LogP contribution in [0.1, 0.15) is 25.0 Å². The maximum Gasteiger partial charge on any atom is 0.328 e. The average Bonchev–Trinajstić information content (AvgIpc) is 3.36. The van der Waals surface area contributed by atoms with Gasteiger partial charge in [0.25, 0.3) is 0 Å². The SMILES string of the molecule is C[C@H](N)CN1CCc2ccc(Br)cc21.C[C@H](N)CN1CCc2ccc(Br)cc21.O=C(O)C=CC(=O)O. The van der Waals surface area contributed by atoms with Crippen LogP contribution in [0.2, 0.25) is 0 Å². The van der Waals surface area contributed by atoms with Gasteiger partial charge < -0.3 is 31.5 Å². The van der Waals surface area contributed by atoms with Crippen LogP contribution in [-0.2, 0) is 22.4 Å². The molecule has 10 heteroatoms. The Kier molecular flexibility index (Phi) is 11.9. The summed E-state index contributed by atoms with van der Waals surface area (Å²) in [4.78, 5) is 23.8. The van der Waals surface area contributed by atoms with Gasteiger partial charge in [-0.25, -0.2) is 9.59 Å². The van der Waals surface area contributed by atoms with Gasteiger partial charge in [0.05, 0.1) is 0 Å². The highest BCUT2D eigenvalue weighted by atomic mass is 79.9. The van der Waals surface area contributed by atoms with Crippen LogP contribution in [0.5, 0.6) is 0 Å². The van der Waals surface area contributed by atoms with Crippen molar-refractivity contribution in [3.63, 3.8) is 0 Å². The van der Waals surface area contributed by atoms with E-state index in [1.807, 2.05) is 0 Å². The largest absolute Gasteiger partial charge is 0.478 e. The van der Waals surface area contributed by atoms with Crippen LogP contribution in [0.4, 0.5) is 11.4 Å². The minimum absolute atomic E-state index is 0.236. The van der Waals surface area contributed by atoms with E-state index in [2.05, 4.69) is 91.9 Å². The molecule has 8 nitrogen and oxygen atoms in total. The maximum absolute atomic E-state index is 9.55. The lowest BCUT2D eigenvalue weighted by Gasteiger charge is -2.21. The van der Waals surface area contributed by atoms with E-state index in [4.69, 9.17) is 21.7 Å². The number of carbonyl (C=O) groups is 2. The van der Waals surface area contributed by atoms with E-state index in [1.54, 1.807) is 0 Å². The lowest BCUT2D eigenvalue weighted by Crippen LogP contribution is -2.34. The van der Waals surface area contributed by atoms with Gasteiger partial charge in [-0.3, -0.25) is 0 Å². The van der Waals surface area contributed by atoms with Crippen molar-refractivity contribution in [2.75, 3.05) is 36.0 Å². The van der Waals surface area contributed by atoms with Gasteiger partial charge in [-0.15, -0.1) is 0 Å². The van der Waals surface area contributed by atoms with Crippen molar-refractivity contribution in [3.8, 4) is 0 Å². The number of fused-ring (bicyclic) bond motifs is 2. The molecule has 0 bridgehead atoms. The number of nitrogens with two attached hydrogens (primary N) is 2. The number of rotatable bonds is 6. The molecule has 4 rings (SSSR count). The van der Waals surface area contributed by atoms with Crippen LogP contribution in [0.3, 0.4) is 0 Å². The Morgan fingerprint density at radius 3 is 1.50 bits per heavy atom. The fraction of sp³-hybridized carbons (Fsp3) is 0.385. The van der Waals surface area contributed by atoms with Gasteiger partial charge in [-0.1, -0.05) is 44.0 Å². The highest BCUT2D eigenvalue weighted by molar-refractivity contribution is 9.10. The molecule has 0 amide bonds. The van der Waals surface area contributed by atoms with Gasteiger partial charge in [0.1, 0.15) is 0 Å². The second-order valence-corrected chi connectivity index (χ2v) is 10.7. The molecule has 0 saturated carbocycles. The fourth-order valence-corrected chi connectivity index (χ4v) is 4.75. The predicted octanol–water partition coefficient (Wildman–Crippen LogP) is 4.03. The lowest BCUT2D eigenvalue weighted by molar-refractivity contribution is -0.134. The van der Waals surface area contributed by atoms with Gasteiger partial charge in [-0.2, -0.15) is 0 Å². The minimum Gasteiger partial charge on any atom is -0.478 e. The van der Waals surface area contributed by atoms with Gasteiger partial charge in [0, 0.05) is 70.7 Å². The molecule has 6 N–H and O–H groups in total. The number of anilines is 2. The van der Waals surface area contributed by atoms with Crippen LogP contribution in [0.25, 0.3) is 0 Å². The van der Waals surface area contributed by atoms with Crippen molar-refractivity contribution in [1.29, 1.82) is 0 Å². The quantitative estimate of drug-likeness (QED) is 0.354. The summed E-state index contributed by atoms with van der Waals surface area (Å²) in [6.07, 6.45) is 3.41. The van der Waals surface area contributed by atoms with Crippen LogP contribution in [0, 0.1) is 0 Å². The molecule has 0 aromatic heterocycles. The summed E-state index contributed by atoms with van der Waals surface area (Å²) in [5.41, 5.74) is 17.2. The molecule has 2 atom stereocenters. The third-order valence-electron chi connectivity index (χ3n) is 5.46. The standard InChI is InChI=1S/2C11H15BrN2.C4H4O4/c2*1-8(13)7-14-5-4-9-2-3-10(12)6-11(9)14;5-3(6)1-2-4(7)8/h2*2-3,6,8H,4-5,7,13H2,1H3;1-2H,(H,5,6)(H,7,8)/t2*8-;/m00./s1. The number of nitrogens with zero attached hydrogens (tertiary/aromatic N) is 2. The van der Waals surface area contributed by atoms with Gasteiger partial charge >= 0.3 is 11.9 Å². The molecule has 2 aliphatic heterocycles. The summed E-state index contributed by atoms with van der Waals surface area (Å²) in [5.74, 6) is -2.51. The molecule has 0 saturated heterocycles. The normalized spacial score (nSPS) is 15.3. The Bertz CT molecular complexity index is 992. The zero-order valence-electron chi connectivity index (χ0n) is 20.5. The van der Waals surface area contributed by atoms with Gasteiger partial charge in [0.15, 0.2) is 0 Å². The van der Waals surface area contributed by atoms with Crippen LogP contribution in [-0.4, -0.2) is 60.4 Å². The predicted molar refractivity (Wildman–Crippen MR) is 152 cm³/mol. The molecule has 196 valence electrons. The van der Waals surface area contributed by atoms with Gasteiger partial charge in [-0.05, 0) is 62.1 Å². The van der Waals surface area contributed by atoms with Crippen molar-refractivity contribution in [1.82, 2.24) is 0 Å². The van der Waals surface area contributed by atoms with E-state index in [9.17, 15) is 9.59 Å². The number of benzene rings is 2. The Morgan fingerprint density at radius 1 is 0.833 bits per heavy atom. The van der Waals surface area contributed by atoms with Crippen molar-refractivity contribution in [3.05, 3.63) is 68.6 Å². The van der Waals surface area contributed by atoms with E-state index in [0.717, 1.165) is 48.0 Å². The summed E-state index contributed by atoms with van der Waals surface area (Å²) >= 11 is 7.00. The molecule has 2 aliphatic rings. The van der Waals surface area contributed by atoms with Crippen LogP contribution < -0.4 is 21.3 Å².